The summed E-state index contributed by atoms with van der Waals surface area (Å²) in [6, 6.07) is 0. The molecule has 3 atom stereocenters. The summed E-state index contributed by atoms with van der Waals surface area (Å²) in [5.74, 6) is -1.05. The first kappa shape index (κ1) is 37.2. The Morgan fingerprint density at radius 1 is 0.949 bits per heavy atom. The average molecular weight is 577 g/mol. The molecular formula is C28H51NO9P+. The molecule has 0 rings (SSSR count). The maximum absolute atomic E-state index is 12.2. The summed E-state index contributed by atoms with van der Waals surface area (Å²) < 4.78 is 32.8. The summed E-state index contributed by atoms with van der Waals surface area (Å²) in [6.07, 6.45) is 17.5. The Labute approximate surface area is 234 Å². The first-order valence-corrected chi connectivity index (χ1v) is 15.3. The van der Waals surface area contributed by atoms with Gasteiger partial charge in [0.15, 0.2) is 6.10 Å². The van der Waals surface area contributed by atoms with Gasteiger partial charge < -0.3 is 24.0 Å². The molecule has 0 saturated carbocycles. The molecule has 0 heterocycles. The van der Waals surface area contributed by atoms with Crippen LogP contribution < -0.4 is 0 Å². The predicted molar refractivity (Wildman–Crippen MR) is 152 cm³/mol. The lowest BCUT2D eigenvalue weighted by atomic mass is 10.1. The average Bonchev–Trinajstić information content (AvgIpc) is 2.83. The third-order valence-corrected chi connectivity index (χ3v) is 6.31. The third-order valence-electron chi connectivity index (χ3n) is 5.32. The van der Waals surface area contributed by atoms with E-state index in [1.54, 1.807) is 6.08 Å². The van der Waals surface area contributed by atoms with Gasteiger partial charge in [0, 0.05) is 13.3 Å². The molecule has 0 bridgehead atoms. The molecule has 226 valence electrons. The minimum absolute atomic E-state index is 0.0142. The highest BCUT2D eigenvalue weighted by molar-refractivity contribution is 7.47. The van der Waals surface area contributed by atoms with E-state index in [1.165, 1.54) is 6.92 Å². The number of likely N-dealkylation sites (N-methyl/N-ethyl adjacent to an activating group) is 1. The first-order valence-electron chi connectivity index (χ1n) is 13.8. The summed E-state index contributed by atoms with van der Waals surface area (Å²) in [7, 11) is 1.41. The van der Waals surface area contributed by atoms with Crippen molar-refractivity contribution in [2.24, 2.45) is 0 Å². The Bertz CT molecular complexity index is 805. The van der Waals surface area contributed by atoms with E-state index in [9.17, 15) is 24.2 Å². The fourth-order valence-electron chi connectivity index (χ4n) is 3.13. The van der Waals surface area contributed by atoms with E-state index >= 15 is 0 Å². The Hall–Kier alpha value is -1.81. The maximum atomic E-state index is 12.2. The number of allylic oxidation sites excluding steroid dienone is 4. The Balaban J connectivity index is 4.19. The van der Waals surface area contributed by atoms with Gasteiger partial charge in [0.25, 0.3) is 0 Å². The van der Waals surface area contributed by atoms with Crippen molar-refractivity contribution in [2.45, 2.75) is 83.8 Å². The van der Waals surface area contributed by atoms with Crippen LogP contribution in [0.4, 0.5) is 0 Å². The van der Waals surface area contributed by atoms with Crippen LogP contribution in [-0.2, 0) is 32.7 Å². The van der Waals surface area contributed by atoms with E-state index in [0.29, 0.717) is 23.9 Å². The number of carbonyl (C=O) groups excluding carboxylic acids is 2. The van der Waals surface area contributed by atoms with Gasteiger partial charge in [0.1, 0.15) is 19.8 Å². The van der Waals surface area contributed by atoms with E-state index in [2.05, 4.69) is 13.0 Å². The fraction of sp³-hybridized carbons (Fsp3) is 0.714. The van der Waals surface area contributed by atoms with Crippen molar-refractivity contribution in [1.29, 1.82) is 0 Å². The van der Waals surface area contributed by atoms with Crippen LogP contribution in [0, 0.1) is 0 Å². The molecule has 0 aliphatic heterocycles. The molecule has 0 aromatic rings. The Morgan fingerprint density at radius 3 is 2.31 bits per heavy atom. The smallest absolute Gasteiger partial charge is 0.462 e. The maximum Gasteiger partial charge on any atom is 0.472 e. The van der Waals surface area contributed by atoms with Crippen LogP contribution in [0.3, 0.4) is 0 Å². The number of phosphoric acid groups is 1. The predicted octanol–water partition coefficient (Wildman–Crippen LogP) is 4.86. The molecule has 39 heavy (non-hydrogen) atoms. The molecule has 0 spiro atoms. The van der Waals surface area contributed by atoms with Gasteiger partial charge in [-0.15, -0.1) is 0 Å². The molecule has 0 aromatic heterocycles. The van der Waals surface area contributed by atoms with E-state index in [1.807, 2.05) is 45.4 Å². The standard InChI is InChI=1S/C28H50NO9P/c1-6-7-15-18-26(31)19-16-13-11-9-8-10-12-14-17-20-28(32)38-27(23-35-25(2)30)24-37-39(33,34)36-22-21-29(3,4)5/h7,11,13,15-16,19,26-27,31H,6,8-10,12,14,17-18,20-24H2,1-5H3/p+1/b13-11+,15-7+,19-16+/t26?,27-/m1/s1. The van der Waals surface area contributed by atoms with E-state index in [4.69, 9.17) is 18.5 Å². The highest BCUT2D eigenvalue weighted by Crippen LogP contribution is 2.43. The summed E-state index contributed by atoms with van der Waals surface area (Å²) >= 11 is 0. The molecule has 0 radical (unpaired) electrons. The molecule has 0 aliphatic carbocycles. The molecular weight excluding hydrogens is 525 g/mol. The Morgan fingerprint density at radius 2 is 1.64 bits per heavy atom. The summed E-state index contributed by atoms with van der Waals surface area (Å²) in [5, 5.41) is 9.79. The zero-order valence-corrected chi connectivity index (χ0v) is 25.4. The van der Waals surface area contributed by atoms with Crippen molar-refractivity contribution >= 4 is 19.8 Å². The minimum atomic E-state index is -4.34. The lowest BCUT2D eigenvalue weighted by Crippen LogP contribution is -2.37. The lowest BCUT2D eigenvalue weighted by Gasteiger charge is -2.24. The number of rotatable bonds is 23. The number of hydrogen-bond acceptors (Lipinski definition) is 8. The van der Waals surface area contributed by atoms with E-state index in [-0.39, 0.29) is 19.6 Å². The number of hydrogen-bond donors (Lipinski definition) is 2. The van der Waals surface area contributed by atoms with Crippen molar-refractivity contribution < 1.29 is 47.2 Å². The number of phosphoric ester groups is 1. The fourth-order valence-corrected chi connectivity index (χ4v) is 3.87. The second-order valence-corrected chi connectivity index (χ2v) is 11.8. The van der Waals surface area contributed by atoms with Crippen LogP contribution in [0.2, 0.25) is 0 Å². The number of nitrogens with zero attached hydrogens (tertiary/aromatic N) is 1. The molecule has 10 nitrogen and oxygen atoms in total. The van der Waals surface area contributed by atoms with Gasteiger partial charge in [0.2, 0.25) is 0 Å². The van der Waals surface area contributed by atoms with Crippen molar-refractivity contribution in [3.63, 3.8) is 0 Å². The number of aliphatic hydroxyl groups excluding tert-OH is 1. The number of aliphatic hydroxyl groups is 1. The van der Waals surface area contributed by atoms with Crippen LogP contribution in [0.5, 0.6) is 0 Å². The molecule has 11 heteroatoms. The number of carbonyl (C=O) groups is 2. The van der Waals surface area contributed by atoms with Crippen LogP contribution in [-0.4, -0.2) is 86.1 Å². The molecule has 2 N–H and O–H groups in total. The molecule has 0 saturated heterocycles. The Kier molecular flexibility index (Phi) is 20.9. The van der Waals surface area contributed by atoms with Crippen LogP contribution in [0.15, 0.2) is 36.5 Å². The molecule has 0 aromatic carbocycles. The SMILES string of the molecule is CC/C=C/CC(O)/C=C/C=C/CCCCCCCC(=O)O[C@H](COC(C)=O)COP(=O)(O)OCC[N+](C)(C)C. The zero-order chi connectivity index (χ0) is 29.6. The lowest BCUT2D eigenvalue weighted by molar-refractivity contribution is -0.870. The first-order chi connectivity index (χ1) is 18.3. The number of ether oxygens (including phenoxy) is 2. The largest absolute Gasteiger partial charge is 0.472 e. The second kappa shape index (κ2) is 21.9. The summed E-state index contributed by atoms with van der Waals surface area (Å²) in [5.41, 5.74) is 0. The van der Waals surface area contributed by atoms with Crippen molar-refractivity contribution in [3.8, 4) is 0 Å². The summed E-state index contributed by atoms with van der Waals surface area (Å²) in [4.78, 5) is 33.3. The van der Waals surface area contributed by atoms with Gasteiger partial charge in [-0.05, 0) is 32.1 Å². The summed E-state index contributed by atoms with van der Waals surface area (Å²) in [6.45, 7) is 3.07. The second-order valence-electron chi connectivity index (χ2n) is 10.3. The van der Waals surface area contributed by atoms with Crippen molar-refractivity contribution in [2.75, 3.05) is 47.5 Å². The molecule has 0 amide bonds. The highest BCUT2D eigenvalue weighted by Gasteiger charge is 2.26. The number of unbranched alkanes of at least 4 members (excludes halogenated alkanes) is 5. The van der Waals surface area contributed by atoms with E-state index in [0.717, 1.165) is 38.5 Å². The monoisotopic (exact) mass is 576 g/mol. The van der Waals surface area contributed by atoms with Crippen LogP contribution >= 0.6 is 7.82 Å². The highest BCUT2D eigenvalue weighted by atomic mass is 31.2. The van der Waals surface area contributed by atoms with Gasteiger partial charge in [-0.1, -0.05) is 62.6 Å². The minimum Gasteiger partial charge on any atom is -0.462 e. The number of quaternary nitrogens is 1. The topological polar surface area (TPSA) is 129 Å². The van der Waals surface area contributed by atoms with Crippen molar-refractivity contribution in [1.82, 2.24) is 0 Å². The third kappa shape index (κ3) is 26.2. The molecule has 2 unspecified atom stereocenters. The normalized spacial score (nSPS) is 15.6. The van der Waals surface area contributed by atoms with Crippen LogP contribution in [0.25, 0.3) is 0 Å². The quantitative estimate of drug-likeness (QED) is 0.0437. The van der Waals surface area contributed by atoms with Gasteiger partial charge >= 0.3 is 19.8 Å². The zero-order valence-electron chi connectivity index (χ0n) is 24.5. The molecule has 0 aliphatic rings. The van der Waals surface area contributed by atoms with Gasteiger partial charge in [0.05, 0.1) is 33.9 Å². The van der Waals surface area contributed by atoms with Gasteiger partial charge in [-0.3, -0.25) is 18.6 Å². The van der Waals surface area contributed by atoms with E-state index < -0.39 is 38.6 Å². The van der Waals surface area contributed by atoms with Gasteiger partial charge in [-0.25, -0.2) is 4.57 Å². The molecule has 0 fully saturated rings. The van der Waals surface area contributed by atoms with Crippen molar-refractivity contribution in [3.05, 3.63) is 36.5 Å². The number of esters is 2. The van der Waals surface area contributed by atoms with Crippen LogP contribution in [0.1, 0.15) is 71.6 Å². The van der Waals surface area contributed by atoms with Gasteiger partial charge in [-0.2, -0.15) is 0 Å².